The summed E-state index contributed by atoms with van der Waals surface area (Å²) in [5.41, 5.74) is -2.68. The van der Waals surface area contributed by atoms with E-state index in [0.29, 0.717) is 5.39 Å². The van der Waals surface area contributed by atoms with Gasteiger partial charge in [-0.1, -0.05) is 5.16 Å². The molecule has 0 amide bonds. The van der Waals surface area contributed by atoms with E-state index < -0.39 is 29.0 Å². The number of rotatable bonds is 3. The number of halogens is 3. The van der Waals surface area contributed by atoms with Crippen molar-refractivity contribution >= 4 is 34.4 Å². The molecule has 0 aliphatic carbocycles. The molecule has 128 valence electrons. The van der Waals surface area contributed by atoms with Crippen molar-refractivity contribution in [2.75, 3.05) is 6.26 Å². The lowest BCUT2D eigenvalue weighted by molar-refractivity contribution is -0.141. The molecule has 0 unspecified atom stereocenters. The van der Waals surface area contributed by atoms with Crippen molar-refractivity contribution in [2.24, 2.45) is 5.16 Å². The number of fused-ring (bicyclic) bond motifs is 1. The summed E-state index contributed by atoms with van der Waals surface area (Å²) in [5.74, 6) is -1.04. The molecule has 1 heterocycles. The summed E-state index contributed by atoms with van der Waals surface area (Å²) < 4.78 is 44.4. The third-order valence-electron chi connectivity index (χ3n) is 3.04. The minimum absolute atomic E-state index is 0.160. The van der Waals surface area contributed by atoms with Crippen LogP contribution in [-0.2, 0) is 9.63 Å². The molecule has 0 aliphatic rings. The van der Waals surface area contributed by atoms with Gasteiger partial charge in [-0.3, -0.25) is 0 Å². The summed E-state index contributed by atoms with van der Waals surface area (Å²) in [7, 11) is 0. The van der Waals surface area contributed by atoms with E-state index in [4.69, 9.17) is 4.42 Å². The zero-order valence-corrected chi connectivity index (χ0v) is 13.7. The van der Waals surface area contributed by atoms with Crippen molar-refractivity contribution in [3.8, 4) is 0 Å². The van der Waals surface area contributed by atoms with Gasteiger partial charge in [-0.25, -0.2) is 9.59 Å². The molecule has 0 saturated carbocycles. The first-order valence-electron chi connectivity index (χ1n) is 6.59. The predicted molar refractivity (Wildman–Crippen MR) is 83.4 cm³/mol. The number of oxime groups is 1. The zero-order chi connectivity index (χ0) is 18.1. The maximum atomic E-state index is 13.1. The van der Waals surface area contributed by atoms with Gasteiger partial charge in [0.2, 0.25) is 0 Å². The standard InChI is InChI=1S/C15H12F3NO4S/c1-7-4-11-9(6-12(7)24-3)5-10(14(21)22-11)13(15(16,17)18)19-23-8(2)20/h4-6H,1-3H3/b19-13+. The van der Waals surface area contributed by atoms with E-state index in [-0.39, 0.29) is 5.58 Å². The topological polar surface area (TPSA) is 68.9 Å². The molecule has 2 aromatic rings. The lowest BCUT2D eigenvalue weighted by Gasteiger charge is -2.10. The molecule has 2 rings (SSSR count). The van der Waals surface area contributed by atoms with Gasteiger partial charge >= 0.3 is 17.8 Å². The van der Waals surface area contributed by atoms with Gasteiger partial charge < -0.3 is 9.25 Å². The monoisotopic (exact) mass is 359 g/mol. The van der Waals surface area contributed by atoms with E-state index >= 15 is 0 Å². The van der Waals surface area contributed by atoms with Gasteiger partial charge in [0.1, 0.15) is 5.58 Å². The highest BCUT2D eigenvalue weighted by Gasteiger charge is 2.40. The highest BCUT2D eigenvalue weighted by Crippen LogP contribution is 2.28. The third-order valence-corrected chi connectivity index (χ3v) is 3.92. The molecule has 0 fully saturated rings. The Bertz CT molecular complexity index is 887. The first-order valence-corrected chi connectivity index (χ1v) is 7.81. The van der Waals surface area contributed by atoms with E-state index in [1.807, 2.05) is 6.26 Å². The SMILES string of the molecule is CSc1cc2cc(/C(=N\OC(C)=O)C(F)(F)F)c(=O)oc2cc1C. The first-order chi connectivity index (χ1) is 11.1. The number of thioether (sulfide) groups is 1. The van der Waals surface area contributed by atoms with Crippen LogP contribution in [0.15, 0.2) is 37.5 Å². The normalized spacial score (nSPS) is 12.5. The summed E-state index contributed by atoms with van der Waals surface area (Å²) in [4.78, 5) is 27.5. The highest BCUT2D eigenvalue weighted by molar-refractivity contribution is 7.98. The maximum Gasteiger partial charge on any atom is 0.437 e. The van der Waals surface area contributed by atoms with E-state index in [9.17, 15) is 22.8 Å². The second-order valence-corrected chi connectivity index (χ2v) is 5.68. The molecule has 1 aromatic carbocycles. The fraction of sp³-hybridized carbons (Fsp3) is 0.267. The Balaban J connectivity index is 2.71. The molecule has 0 bridgehead atoms. The lowest BCUT2D eigenvalue weighted by Crippen LogP contribution is -2.29. The minimum atomic E-state index is -5.00. The van der Waals surface area contributed by atoms with Crippen molar-refractivity contribution in [3.05, 3.63) is 39.7 Å². The van der Waals surface area contributed by atoms with Gasteiger partial charge in [-0.05, 0) is 36.9 Å². The van der Waals surface area contributed by atoms with Crippen molar-refractivity contribution in [1.29, 1.82) is 0 Å². The Morgan fingerprint density at radius 1 is 1.29 bits per heavy atom. The number of alkyl halides is 3. The van der Waals surface area contributed by atoms with Crippen LogP contribution in [0.3, 0.4) is 0 Å². The third kappa shape index (κ3) is 3.78. The van der Waals surface area contributed by atoms with E-state index in [2.05, 4.69) is 9.99 Å². The van der Waals surface area contributed by atoms with E-state index in [0.717, 1.165) is 23.4 Å². The second-order valence-electron chi connectivity index (χ2n) is 4.83. The van der Waals surface area contributed by atoms with Gasteiger partial charge in [0.25, 0.3) is 0 Å². The first kappa shape index (κ1) is 18.1. The van der Waals surface area contributed by atoms with Gasteiger partial charge in [0, 0.05) is 17.2 Å². The number of hydrogen-bond acceptors (Lipinski definition) is 6. The summed E-state index contributed by atoms with van der Waals surface area (Å²) in [5, 5.41) is 3.07. The fourth-order valence-electron chi connectivity index (χ4n) is 2.00. The zero-order valence-electron chi connectivity index (χ0n) is 12.9. The molecular weight excluding hydrogens is 347 g/mol. The largest absolute Gasteiger partial charge is 0.437 e. The van der Waals surface area contributed by atoms with Crippen molar-refractivity contribution in [2.45, 2.75) is 24.9 Å². The lowest BCUT2D eigenvalue weighted by atomic mass is 10.1. The quantitative estimate of drug-likeness (QED) is 0.275. The minimum Gasteiger partial charge on any atom is -0.422 e. The van der Waals surface area contributed by atoms with E-state index in [1.165, 1.54) is 11.8 Å². The van der Waals surface area contributed by atoms with Crippen LogP contribution in [0.2, 0.25) is 0 Å². The van der Waals surface area contributed by atoms with Crippen molar-refractivity contribution < 1.29 is 27.2 Å². The highest BCUT2D eigenvalue weighted by atomic mass is 32.2. The molecule has 5 nitrogen and oxygen atoms in total. The molecule has 0 spiro atoms. The van der Waals surface area contributed by atoms with Crippen LogP contribution >= 0.6 is 11.8 Å². The van der Waals surface area contributed by atoms with E-state index in [1.54, 1.807) is 19.1 Å². The molecular formula is C15H12F3NO4S. The average molecular weight is 359 g/mol. The summed E-state index contributed by atoms with van der Waals surface area (Å²) in [6.45, 7) is 2.69. The maximum absolute atomic E-state index is 13.1. The smallest absolute Gasteiger partial charge is 0.422 e. The molecule has 0 aliphatic heterocycles. The Hall–Kier alpha value is -2.29. The Kier molecular flexibility index (Phi) is 5.02. The van der Waals surface area contributed by atoms with Crippen LogP contribution in [0.25, 0.3) is 11.0 Å². The number of nitrogens with zero attached hydrogens (tertiary/aromatic N) is 1. The van der Waals surface area contributed by atoms with Crippen molar-refractivity contribution in [3.63, 3.8) is 0 Å². The Morgan fingerprint density at radius 3 is 2.50 bits per heavy atom. The van der Waals surface area contributed by atoms with Crippen LogP contribution in [-0.4, -0.2) is 24.1 Å². The Labute approximate surface area is 138 Å². The van der Waals surface area contributed by atoms with Crippen LogP contribution in [0, 0.1) is 6.92 Å². The molecule has 1 aromatic heterocycles. The molecule has 0 N–H and O–H groups in total. The summed E-state index contributed by atoms with van der Waals surface area (Å²) in [6, 6.07) is 4.21. The number of aryl methyl sites for hydroxylation is 1. The van der Waals surface area contributed by atoms with Gasteiger partial charge in [-0.2, -0.15) is 13.2 Å². The van der Waals surface area contributed by atoms with Crippen molar-refractivity contribution in [1.82, 2.24) is 0 Å². The van der Waals surface area contributed by atoms with Crippen LogP contribution in [0.5, 0.6) is 0 Å². The van der Waals surface area contributed by atoms with Crippen LogP contribution in [0.1, 0.15) is 18.1 Å². The van der Waals surface area contributed by atoms with Crippen LogP contribution < -0.4 is 5.63 Å². The van der Waals surface area contributed by atoms with Crippen LogP contribution in [0.4, 0.5) is 13.2 Å². The van der Waals surface area contributed by atoms with Gasteiger partial charge in [-0.15, -0.1) is 11.8 Å². The fourth-order valence-corrected chi connectivity index (χ4v) is 2.62. The molecule has 9 heteroatoms. The molecule has 24 heavy (non-hydrogen) atoms. The number of hydrogen-bond donors (Lipinski definition) is 0. The average Bonchev–Trinajstić information content (AvgIpc) is 2.46. The molecule has 0 radical (unpaired) electrons. The predicted octanol–water partition coefficient (Wildman–Crippen LogP) is 3.65. The number of carbonyl (C=O) groups excluding carboxylic acids is 1. The summed E-state index contributed by atoms with van der Waals surface area (Å²) in [6.07, 6.45) is -3.18. The number of benzene rings is 1. The molecule has 0 atom stereocenters. The Morgan fingerprint density at radius 2 is 1.96 bits per heavy atom. The number of carbonyl (C=O) groups is 1. The molecule has 0 saturated heterocycles. The van der Waals surface area contributed by atoms with Gasteiger partial charge in [0.15, 0.2) is 5.71 Å². The summed E-state index contributed by atoms with van der Waals surface area (Å²) >= 11 is 1.41. The second kappa shape index (κ2) is 6.68. The van der Waals surface area contributed by atoms with Gasteiger partial charge in [0.05, 0.1) is 5.56 Å².